The Bertz CT molecular complexity index is 495. The Kier molecular flexibility index (Phi) is 8.33. The summed E-state index contributed by atoms with van der Waals surface area (Å²) in [6.07, 6.45) is 15.6. The molecule has 0 amide bonds. The van der Waals surface area contributed by atoms with E-state index in [1.807, 2.05) is 0 Å². The fraction of sp³-hybridized carbons (Fsp3) is 0.750. The highest BCUT2D eigenvalue weighted by atomic mass is 35.5. The van der Waals surface area contributed by atoms with Gasteiger partial charge in [-0.3, -0.25) is 0 Å². The van der Waals surface area contributed by atoms with E-state index in [0.717, 1.165) is 41.9 Å². The van der Waals surface area contributed by atoms with Gasteiger partial charge < -0.3 is 4.74 Å². The predicted molar refractivity (Wildman–Crippen MR) is 112 cm³/mol. The van der Waals surface area contributed by atoms with E-state index in [-0.39, 0.29) is 0 Å². The van der Waals surface area contributed by atoms with Gasteiger partial charge in [-0.05, 0) is 93.2 Å². The summed E-state index contributed by atoms with van der Waals surface area (Å²) in [6, 6.07) is 8.59. The number of hydrogen-bond donors (Lipinski definition) is 0. The molecule has 1 aromatic carbocycles. The molecule has 0 unspecified atom stereocenters. The Morgan fingerprint density at radius 3 is 2.08 bits per heavy atom. The first-order chi connectivity index (χ1) is 12.8. The van der Waals surface area contributed by atoms with E-state index < -0.39 is 0 Å². The van der Waals surface area contributed by atoms with Gasteiger partial charge in [0, 0.05) is 18.2 Å². The van der Waals surface area contributed by atoms with Crippen LogP contribution in [0.15, 0.2) is 24.3 Å². The van der Waals surface area contributed by atoms with Crippen molar-refractivity contribution >= 4 is 11.6 Å². The molecule has 0 heterocycles. The zero-order chi connectivity index (χ0) is 18.2. The minimum atomic E-state index is 0.769. The zero-order valence-corrected chi connectivity index (χ0v) is 17.4. The van der Waals surface area contributed by atoms with Crippen molar-refractivity contribution in [3.05, 3.63) is 34.9 Å². The van der Waals surface area contributed by atoms with Crippen LogP contribution in [0.2, 0.25) is 5.02 Å². The van der Waals surface area contributed by atoms with Gasteiger partial charge >= 0.3 is 0 Å². The van der Waals surface area contributed by atoms with Crippen molar-refractivity contribution in [3.8, 4) is 0 Å². The maximum absolute atomic E-state index is 6.03. The molecule has 2 saturated carbocycles. The number of unbranched alkanes of at least 4 members (excludes halogenated alkanes) is 1. The van der Waals surface area contributed by atoms with Crippen molar-refractivity contribution in [1.82, 2.24) is 0 Å². The van der Waals surface area contributed by atoms with Gasteiger partial charge in [-0.15, -0.1) is 0 Å². The highest BCUT2D eigenvalue weighted by molar-refractivity contribution is 6.30. The SMILES string of the molecule is CCOCCCCC1CCC(C2CCC(c3ccc(Cl)cc3)CC2)CC1. The third kappa shape index (κ3) is 5.99. The maximum Gasteiger partial charge on any atom is 0.0465 e. The third-order valence-electron chi connectivity index (χ3n) is 7.03. The number of ether oxygens (including phenoxy) is 1. The van der Waals surface area contributed by atoms with E-state index in [9.17, 15) is 0 Å². The summed E-state index contributed by atoms with van der Waals surface area (Å²) >= 11 is 6.03. The molecule has 0 aliphatic heterocycles. The minimum absolute atomic E-state index is 0.769. The fourth-order valence-corrected chi connectivity index (χ4v) is 5.51. The van der Waals surface area contributed by atoms with Crippen LogP contribution in [0.25, 0.3) is 0 Å². The van der Waals surface area contributed by atoms with Gasteiger partial charge in [-0.25, -0.2) is 0 Å². The molecule has 0 spiro atoms. The lowest BCUT2D eigenvalue weighted by molar-refractivity contribution is 0.135. The molecule has 2 fully saturated rings. The van der Waals surface area contributed by atoms with Gasteiger partial charge in [0.15, 0.2) is 0 Å². The number of hydrogen-bond acceptors (Lipinski definition) is 1. The molecule has 26 heavy (non-hydrogen) atoms. The second-order valence-corrected chi connectivity index (χ2v) is 9.07. The van der Waals surface area contributed by atoms with E-state index in [2.05, 4.69) is 31.2 Å². The number of rotatable bonds is 8. The molecule has 2 heteroatoms. The minimum Gasteiger partial charge on any atom is -0.382 e. The van der Waals surface area contributed by atoms with Crippen LogP contribution in [0, 0.1) is 17.8 Å². The van der Waals surface area contributed by atoms with Gasteiger partial charge in [0.2, 0.25) is 0 Å². The first-order valence-electron chi connectivity index (χ1n) is 11.1. The second kappa shape index (κ2) is 10.7. The van der Waals surface area contributed by atoms with Gasteiger partial charge in [0.05, 0.1) is 0 Å². The van der Waals surface area contributed by atoms with E-state index in [1.165, 1.54) is 76.2 Å². The third-order valence-corrected chi connectivity index (χ3v) is 7.28. The highest BCUT2D eigenvalue weighted by Crippen LogP contribution is 2.44. The van der Waals surface area contributed by atoms with Gasteiger partial charge in [-0.2, -0.15) is 0 Å². The van der Waals surface area contributed by atoms with Crippen molar-refractivity contribution in [2.75, 3.05) is 13.2 Å². The van der Waals surface area contributed by atoms with Gasteiger partial charge in [0.1, 0.15) is 0 Å². The summed E-state index contributed by atoms with van der Waals surface area (Å²) in [7, 11) is 0. The summed E-state index contributed by atoms with van der Waals surface area (Å²) < 4.78 is 5.46. The average molecular weight is 377 g/mol. The van der Waals surface area contributed by atoms with E-state index in [4.69, 9.17) is 16.3 Å². The summed E-state index contributed by atoms with van der Waals surface area (Å²) in [5.74, 6) is 3.78. The van der Waals surface area contributed by atoms with Crippen molar-refractivity contribution in [3.63, 3.8) is 0 Å². The quantitative estimate of drug-likeness (QED) is 0.424. The molecule has 146 valence electrons. The normalized spacial score (nSPS) is 29.6. The molecule has 2 aliphatic rings. The monoisotopic (exact) mass is 376 g/mol. The summed E-state index contributed by atoms with van der Waals surface area (Å²) in [5, 5.41) is 0.858. The molecular formula is C24H37ClO. The molecule has 0 bridgehead atoms. The molecule has 2 aliphatic carbocycles. The van der Waals surface area contributed by atoms with Crippen LogP contribution < -0.4 is 0 Å². The standard InChI is InChI=1S/C24H37ClO/c1-2-26-18-4-3-5-19-6-8-20(9-7-19)21-10-12-22(13-11-21)23-14-16-24(25)17-15-23/h14-17,19-22H,2-13,18H2,1H3. The summed E-state index contributed by atoms with van der Waals surface area (Å²) in [5.41, 5.74) is 1.50. The van der Waals surface area contributed by atoms with Crippen LogP contribution in [0.4, 0.5) is 0 Å². The van der Waals surface area contributed by atoms with Crippen LogP contribution in [0.5, 0.6) is 0 Å². The molecule has 1 aromatic rings. The van der Waals surface area contributed by atoms with Crippen LogP contribution in [0.3, 0.4) is 0 Å². The Labute approximate surface area is 165 Å². The first kappa shape index (κ1) is 20.2. The van der Waals surface area contributed by atoms with Crippen molar-refractivity contribution in [2.24, 2.45) is 17.8 Å². The molecule has 3 rings (SSSR count). The highest BCUT2D eigenvalue weighted by Gasteiger charge is 2.31. The van der Waals surface area contributed by atoms with Gasteiger partial charge in [-0.1, -0.05) is 49.4 Å². The Balaban J connectivity index is 1.34. The Morgan fingerprint density at radius 2 is 1.46 bits per heavy atom. The molecule has 0 saturated heterocycles. The molecule has 0 radical (unpaired) electrons. The smallest absolute Gasteiger partial charge is 0.0465 e. The van der Waals surface area contributed by atoms with Crippen molar-refractivity contribution in [1.29, 1.82) is 0 Å². The molecule has 0 aromatic heterocycles. The van der Waals surface area contributed by atoms with Crippen molar-refractivity contribution in [2.45, 2.75) is 83.5 Å². The molecule has 0 N–H and O–H groups in total. The first-order valence-corrected chi connectivity index (χ1v) is 11.5. The molecular weight excluding hydrogens is 340 g/mol. The number of benzene rings is 1. The Hall–Kier alpha value is -0.530. The maximum atomic E-state index is 6.03. The Morgan fingerprint density at radius 1 is 0.846 bits per heavy atom. The summed E-state index contributed by atoms with van der Waals surface area (Å²) in [4.78, 5) is 0. The van der Waals surface area contributed by atoms with E-state index in [0.29, 0.717) is 0 Å². The largest absolute Gasteiger partial charge is 0.382 e. The van der Waals surface area contributed by atoms with Crippen LogP contribution >= 0.6 is 11.6 Å². The van der Waals surface area contributed by atoms with E-state index >= 15 is 0 Å². The second-order valence-electron chi connectivity index (χ2n) is 8.64. The lowest BCUT2D eigenvalue weighted by Gasteiger charge is -2.38. The van der Waals surface area contributed by atoms with Gasteiger partial charge in [0.25, 0.3) is 0 Å². The summed E-state index contributed by atoms with van der Waals surface area (Å²) in [6.45, 7) is 3.91. The zero-order valence-electron chi connectivity index (χ0n) is 16.6. The average Bonchev–Trinajstić information content (AvgIpc) is 2.69. The molecule has 0 atom stereocenters. The lowest BCUT2D eigenvalue weighted by atomic mass is 9.68. The number of halogens is 1. The lowest BCUT2D eigenvalue weighted by Crippen LogP contribution is -2.25. The predicted octanol–water partition coefficient (Wildman–Crippen LogP) is 7.63. The van der Waals surface area contributed by atoms with Crippen molar-refractivity contribution < 1.29 is 4.74 Å². The van der Waals surface area contributed by atoms with Crippen LogP contribution in [0.1, 0.15) is 89.0 Å². The van der Waals surface area contributed by atoms with Crippen LogP contribution in [-0.2, 0) is 4.74 Å². The molecule has 1 nitrogen and oxygen atoms in total. The van der Waals surface area contributed by atoms with E-state index in [1.54, 1.807) is 0 Å². The van der Waals surface area contributed by atoms with Crippen LogP contribution in [-0.4, -0.2) is 13.2 Å². The fourth-order valence-electron chi connectivity index (χ4n) is 5.39. The topological polar surface area (TPSA) is 9.23 Å².